The highest BCUT2D eigenvalue weighted by atomic mass is 32.2. The van der Waals surface area contributed by atoms with Crippen molar-refractivity contribution in [3.8, 4) is 17.1 Å². The lowest BCUT2D eigenvalue weighted by Crippen LogP contribution is -2.27. The lowest BCUT2D eigenvalue weighted by Gasteiger charge is -2.12. The fraction of sp³-hybridized carbons (Fsp3) is 0.0909. The van der Waals surface area contributed by atoms with Gasteiger partial charge in [-0.05, 0) is 48.2 Å². The number of nitro groups is 1. The number of imide groups is 1. The number of para-hydroxylation sites is 1. The summed E-state index contributed by atoms with van der Waals surface area (Å²) in [7, 11) is 0. The molecule has 0 saturated carbocycles. The number of ether oxygens (including phenoxy) is 1. The minimum atomic E-state index is -4.80. The van der Waals surface area contributed by atoms with Crippen molar-refractivity contribution >= 4 is 34.7 Å². The molecule has 0 radical (unpaired) electrons. The van der Waals surface area contributed by atoms with Crippen LogP contribution in [0.1, 0.15) is 11.3 Å². The molecule has 0 aliphatic carbocycles. The minimum absolute atomic E-state index is 0.0680. The van der Waals surface area contributed by atoms with Gasteiger partial charge in [0.1, 0.15) is 17.3 Å². The monoisotopic (exact) mass is 490 g/mol. The van der Waals surface area contributed by atoms with Crippen LogP contribution < -0.4 is 4.74 Å². The van der Waals surface area contributed by atoms with E-state index in [0.717, 1.165) is 17.0 Å². The Balaban J connectivity index is 1.50. The molecule has 0 atom stereocenters. The first-order valence-corrected chi connectivity index (χ1v) is 10.4. The standard InChI is InChI=1S/C22H13F3N2O6S/c23-22(24,25)33-15-7-5-13(6-8-15)18-10-9-16(32-18)11-19-20(28)26(21(29)34-19)12-14-3-1-2-4-17(14)27(30)31/h1-11H,12H2/b19-11-. The summed E-state index contributed by atoms with van der Waals surface area (Å²) in [6.07, 6.45) is -3.44. The Hall–Kier alpha value is -4.06. The zero-order valence-electron chi connectivity index (χ0n) is 16.9. The molecule has 1 aliphatic heterocycles. The van der Waals surface area contributed by atoms with Gasteiger partial charge in [-0.15, -0.1) is 13.2 Å². The highest BCUT2D eigenvalue weighted by Gasteiger charge is 2.36. The van der Waals surface area contributed by atoms with Crippen LogP contribution in [0, 0.1) is 10.1 Å². The molecule has 1 saturated heterocycles. The number of hydrogen-bond donors (Lipinski definition) is 0. The number of rotatable bonds is 6. The summed E-state index contributed by atoms with van der Waals surface area (Å²) in [5.74, 6) is -0.444. The first-order chi connectivity index (χ1) is 16.1. The van der Waals surface area contributed by atoms with Gasteiger partial charge in [-0.2, -0.15) is 0 Å². The van der Waals surface area contributed by atoms with Crippen molar-refractivity contribution in [3.63, 3.8) is 0 Å². The van der Waals surface area contributed by atoms with Crippen molar-refractivity contribution in [2.75, 3.05) is 0 Å². The van der Waals surface area contributed by atoms with Crippen LogP contribution in [-0.2, 0) is 11.3 Å². The fourth-order valence-electron chi connectivity index (χ4n) is 3.16. The second kappa shape index (κ2) is 9.06. The van der Waals surface area contributed by atoms with Gasteiger partial charge in [-0.25, -0.2) is 0 Å². The predicted octanol–water partition coefficient (Wildman–Crippen LogP) is 5.99. The van der Waals surface area contributed by atoms with E-state index in [1.165, 1.54) is 42.5 Å². The van der Waals surface area contributed by atoms with Crippen molar-refractivity contribution < 1.29 is 36.8 Å². The summed E-state index contributed by atoms with van der Waals surface area (Å²) in [5.41, 5.74) is 0.487. The third-order valence-electron chi connectivity index (χ3n) is 4.66. The molecule has 2 heterocycles. The summed E-state index contributed by atoms with van der Waals surface area (Å²) in [6.45, 7) is -0.255. The van der Waals surface area contributed by atoms with Crippen LogP contribution in [0.4, 0.5) is 23.7 Å². The molecule has 1 fully saturated rings. The first-order valence-electron chi connectivity index (χ1n) is 9.54. The summed E-state index contributed by atoms with van der Waals surface area (Å²) >= 11 is 0.668. The molecule has 0 N–H and O–H groups in total. The molecule has 2 amide bonds. The summed E-state index contributed by atoms with van der Waals surface area (Å²) in [5, 5.41) is 10.6. The predicted molar refractivity (Wildman–Crippen MR) is 115 cm³/mol. The Morgan fingerprint density at radius 3 is 2.44 bits per heavy atom. The molecular weight excluding hydrogens is 477 g/mol. The topological polar surface area (TPSA) is 103 Å². The van der Waals surface area contributed by atoms with Crippen LogP contribution in [-0.4, -0.2) is 27.3 Å². The second-order valence-electron chi connectivity index (χ2n) is 6.93. The number of halogens is 3. The van der Waals surface area contributed by atoms with Crippen molar-refractivity contribution in [1.29, 1.82) is 0 Å². The SMILES string of the molecule is O=C1S/C(=C\c2ccc(-c3ccc(OC(F)(F)F)cc3)o2)C(=O)N1Cc1ccccc1[N+](=O)[O-]. The summed E-state index contributed by atoms with van der Waals surface area (Å²) in [6, 6.07) is 13.9. The fourth-order valence-corrected chi connectivity index (χ4v) is 3.98. The molecule has 8 nitrogen and oxygen atoms in total. The van der Waals surface area contributed by atoms with Crippen molar-refractivity contribution in [2.24, 2.45) is 0 Å². The number of nitro benzene ring substituents is 1. The maximum absolute atomic E-state index is 12.7. The van der Waals surface area contributed by atoms with E-state index in [-0.39, 0.29) is 34.2 Å². The molecule has 4 rings (SSSR count). The third kappa shape index (κ3) is 5.12. The molecule has 0 unspecified atom stereocenters. The number of carbonyl (C=O) groups is 2. The second-order valence-corrected chi connectivity index (χ2v) is 7.92. The normalized spacial score (nSPS) is 15.3. The van der Waals surface area contributed by atoms with E-state index in [4.69, 9.17) is 4.42 Å². The maximum atomic E-state index is 12.7. The molecule has 1 aromatic heterocycles. The average Bonchev–Trinajstić information content (AvgIpc) is 3.34. The van der Waals surface area contributed by atoms with E-state index >= 15 is 0 Å². The van der Waals surface area contributed by atoms with E-state index in [9.17, 15) is 32.9 Å². The zero-order valence-corrected chi connectivity index (χ0v) is 17.8. The first kappa shape index (κ1) is 23.1. The largest absolute Gasteiger partial charge is 0.573 e. The van der Waals surface area contributed by atoms with Crippen LogP contribution in [0.5, 0.6) is 5.75 Å². The Kier molecular flexibility index (Phi) is 6.16. The maximum Gasteiger partial charge on any atom is 0.573 e. The molecule has 2 aromatic carbocycles. The number of alkyl halides is 3. The molecule has 174 valence electrons. The lowest BCUT2D eigenvalue weighted by atomic mass is 10.1. The highest BCUT2D eigenvalue weighted by Crippen LogP contribution is 2.35. The van der Waals surface area contributed by atoms with Gasteiger partial charge in [0, 0.05) is 23.3 Å². The number of hydrogen-bond acceptors (Lipinski definition) is 7. The Morgan fingerprint density at radius 2 is 1.76 bits per heavy atom. The molecule has 0 bridgehead atoms. The van der Waals surface area contributed by atoms with Crippen LogP contribution in [0.2, 0.25) is 0 Å². The van der Waals surface area contributed by atoms with Crippen LogP contribution in [0.3, 0.4) is 0 Å². The van der Waals surface area contributed by atoms with Crippen molar-refractivity contribution in [3.05, 3.63) is 87.0 Å². The average molecular weight is 490 g/mol. The van der Waals surface area contributed by atoms with Gasteiger partial charge < -0.3 is 9.15 Å². The number of benzene rings is 2. The molecular formula is C22H13F3N2O6S. The summed E-state index contributed by atoms with van der Waals surface area (Å²) < 4.78 is 46.3. The van der Waals surface area contributed by atoms with Gasteiger partial charge in [0.15, 0.2) is 0 Å². The van der Waals surface area contributed by atoms with E-state index in [1.807, 2.05) is 0 Å². The smallest absolute Gasteiger partial charge is 0.457 e. The molecule has 12 heteroatoms. The quantitative estimate of drug-likeness (QED) is 0.238. The molecule has 1 aliphatic rings. The van der Waals surface area contributed by atoms with E-state index in [2.05, 4.69) is 4.74 Å². The van der Waals surface area contributed by atoms with Gasteiger partial charge in [0.25, 0.3) is 16.8 Å². The molecule has 0 spiro atoms. The van der Waals surface area contributed by atoms with Crippen molar-refractivity contribution in [2.45, 2.75) is 12.9 Å². The van der Waals surface area contributed by atoms with E-state index in [1.54, 1.807) is 12.1 Å². The summed E-state index contributed by atoms with van der Waals surface area (Å²) in [4.78, 5) is 36.7. The van der Waals surface area contributed by atoms with Crippen LogP contribution in [0.15, 0.2) is 70.0 Å². The number of furan rings is 1. The number of nitrogens with zero attached hydrogens (tertiary/aromatic N) is 2. The van der Waals surface area contributed by atoms with Crippen molar-refractivity contribution in [1.82, 2.24) is 4.90 Å². The number of carbonyl (C=O) groups excluding carboxylic acids is 2. The van der Waals surface area contributed by atoms with Gasteiger partial charge in [-0.3, -0.25) is 24.6 Å². The van der Waals surface area contributed by atoms with Crippen LogP contribution >= 0.6 is 11.8 Å². The highest BCUT2D eigenvalue weighted by molar-refractivity contribution is 8.18. The van der Waals surface area contributed by atoms with Crippen LogP contribution in [0.25, 0.3) is 17.4 Å². The van der Waals surface area contributed by atoms with Gasteiger partial charge in [0.05, 0.1) is 16.4 Å². The lowest BCUT2D eigenvalue weighted by molar-refractivity contribution is -0.385. The van der Waals surface area contributed by atoms with E-state index in [0.29, 0.717) is 23.1 Å². The molecule has 3 aromatic rings. The van der Waals surface area contributed by atoms with Gasteiger partial charge >= 0.3 is 6.36 Å². The van der Waals surface area contributed by atoms with Gasteiger partial charge in [0.2, 0.25) is 0 Å². The minimum Gasteiger partial charge on any atom is -0.457 e. The zero-order chi connectivity index (χ0) is 24.5. The third-order valence-corrected chi connectivity index (χ3v) is 5.57. The number of thioether (sulfide) groups is 1. The van der Waals surface area contributed by atoms with Gasteiger partial charge in [-0.1, -0.05) is 18.2 Å². The Bertz CT molecular complexity index is 1300. The van der Waals surface area contributed by atoms with E-state index < -0.39 is 22.4 Å². The Morgan fingerprint density at radius 1 is 1.06 bits per heavy atom. The molecule has 34 heavy (non-hydrogen) atoms. The number of amides is 2. The Labute approximate surface area is 193 Å².